The van der Waals surface area contributed by atoms with Crippen LogP contribution in [0.4, 0.5) is 0 Å². The van der Waals surface area contributed by atoms with E-state index in [9.17, 15) is 4.79 Å². The maximum atomic E-state index is 11.7. The lowest BCUT2D eigenvalue weighted by molar-refractivity contribution is -0.131. The Morgan fingerprint density at radius 3 is 2.35 bits per heavy atom. The van der Waals surface area contributed by atoms with Crippen LogP contribution in [-0.4, -0.2) is 38.1 Å². The standard InChI is InChI=1S/C18H24N2O3/c1-22-16-11-15(12-17(13-16)23-2)4-3-14-6-9-20(10-7-14)18(21)5-8-19/h11-14H,3-7,9-10H2,1-2H3. The summed E-state index contributed by atoms with van der Waals surface area (Å²) in [6.07, 6.45) is 4.09. The molecule has 0 aliphatic carbocycles. The molecule has 5 nitrogen and oxygen atoms in total. The van der Waals surface area contributed by atoms with Gasteiger partial charge in [-0.25, -0.2) is 0 Å². The van der Waals surface area contributed by atoms with Crippen LogP contribution in [0.15, 0.2) is 18.2 Å². The van der Waals surface area contributed by atoms with Crippen LogP contribution in [0.5, 0.6) is 11.5 Å². The second-order valence-electron chi connectivity index (χ2n) is 5.92. The lowest BCUT2D eigenvalue weighted by atomic mass is 9.90. The maximum Gasteiger partial charge on any atom is 0.236 e. The van der Waals surface area contributed by atoms with E-state index in [1.54, 1.807) is 14.2 Å². The number of amides is 1. The molecule has 1 aromatic rings. The van der Waals surface area contributed by atoms with Crippen molar-refractivity contribution in [3.8, 4) is 17.6 Å². The lowest BCUT2D eigenvalue weighted by Gasteiger charge is -2.31. The predicted octanol–water partition coefficient (Wildman–Crippen LogP) is 2.79. The first kappa shape index (κ1) is 17.1. The van der Waals surface area contributed by atoms with Crippen LogP contribution >= 0.6 is 0 Å². The SMILES string of the molecule is COc1cc(CCC2CCN(C(=O)CC#N)CC2)cc(OC)c1. The van der Waals surface area contributed by atoms with Gasteiger partial charge in [-0.1, -0.05) is 0 Å². The highest BCUT2D eigenvalue weighted by molar-refractivity contribution is 5.78. The van der Waals surface area contributed by atoms with Gasteiger partial charge in [-0.3, -0.25) is 4.79 Å². The number of benzene rings is 1. The Kier molecular flexibility index (Phi) is 6.28. The fraction of sp³-hybridized carbons (Fsp3) is 0.556. The number of hydrogen-bond acceptors (Lipinski definition) is 4. The molecule has 0 atom stereocenters. The van der Waals surface area contributed by atoms with Crippen molar-refractivity contribution in [3.05, 3.63) is 23.8 Å². The third-order valence-electron chi connectivity index (χ3n) is 4.45. The number of carbonyl (C=O) groups excluding carboxylic acids is 1. The summed E-state index contributed by atoms with van der Waals surface area (Å²) >= 11 is 0. The fourth-order valence-electron chi connectivity index (χ4n) is 3.03. The zero-order valence-corrected chi connectivity index (χ0v) is 13.9. The van der Waals surface area contributed by atoms with Gasteiger partial charge in [-0.05, 0) is 49.3 Å². The summed E-state index contributed by atoms with van der Waals surface area (Å²) in [6.45, 7) is 1.54. The number of nitriles is 1. The van der Waals surface area contributed by atoms with Crippen molar-refractivity contribution in [2.24, 2.45) is 5.92 Å². The predicted molar refractivity (Wildman–Crippen MR) is 87.4 cm³/mol. The zero-order chi connectivity index (χ0) is 16.7. The summed E-state index contributed by atoms with van der Waals surface area (Å²) in [5.74, 6) is 2.22. The summed E-state index contributed by atoms with van der Waals surface area (Å²) < 4.78 is 10.6. The van der Waals surface area contributed by atoms with Crippen molar-refractivity contribution in [1.82, 2.24) is 4.90 Å². The number of nitrogens with zero attached hydrogens (tertiary/aromatic N) is 2. The van der Waals surface area contributed by atoms with Crippen molar-refractivity contribution < 1.29 is 14.3 Å². The van der Waals surface area contributed by atoms with Crippen LogP contribution in [0.3, 0.4) is 0 Å². The van der Waals surface area contributed by atoms with Gasteiger partial charge in [0.15, 0.2) is 0 Å². The monoisotopic (exact) mass is 316 g/mol. The van der Waals surface area contributed by atoms with Crippen molar-refractivity contribution in [3.63, 3.8) is 0 Å². The molecule has 23 heavy (non-hydrogen) atoms. The number of likely N-dealkylation sites (tertiary alicyclic amines) is 1. The van der Waals surface area contributed by atoms with Crippen molar-refractivity contribution in [1.29, 1.82) is 5.26 Å². The highest BCUT2D eigenvalue weighted by atomic mass is 16.5. The second kappa shape index (κ2) is 8.42. The first-order valence-corrected chi connectivity index (χ1v) is 8.03. The molecule has 0 N–H and O–H groups in total. The number of hydrogen-bond donors (Lipinski definition) is 0. The maximum absolute atomic E-state index is 11.7. The first-order valence-electron chi connectivity index (χ1n) is 8.03. The molecule has 0 aromatic heterocycles. The van der Waals surface area contributed by atoms with E-state index in [0.29, 0.717) is 5.92 Å². The number of aryl methyl sites for hydroxylation is 1. The molecule has 1 aromatic carbocycles. The lowest BCUT2D eigenvalue weighted by Crippen LogP contribution is -2.38. The summed E-state index contributed by atoms with van der Waals surface area (Å²) in [5, 5.41) is 8.60. The van der Waals surface area contributed by atoms with Gasteiger partial charge < -0.3 is 14.4 Å². The number of piperidine rings is 1. The van der Waals surface area contributed by atoms with E-state index in [1.807, 2.05) is 29.2 Å². The Morgan fingerprint density at radius 1 is 1.22 bits per heavy atom. The average Bonchev–Trinajstić information content (AvgIpc) is 2.60. The molecule has 0 radical (unpaired) electrons. The average molecular weight is 316 g/mol. The highest BCUT2D eigenvalue weighted by Crippen LogP contribution is 2.27. The van der Waals surface area contributed by atoms with Crippen molar-refractivity contribution in [2.45, 2.75) is 32.1 Å². The second-order valence-corrected chi connectivity index (χ2v) is 5.92. The van der Waals surface area contributed by atoms with Crippen LogP contribution in [-0.2, 0) is 11.2 Å². The first-order chi connectivity index (χ1) is 11.2. The minimum atomic E-state index is -0.0384. The van der Waals surface area contributed by atoms with E-state index in [0.717, 1.165) is 50.3 Å². The zero-order valence-electron chi connectivity index (χ0n) is 13.9. The smallest absolute Gasteiger partial charge is 0.236 e. The fourth-order valence-corrected chi connectivity index (χ4v) is 3.03. The number of ether oxygens (including phenoxy) is 2. The Labute approximate surface area is 137 Å². The summed E-state index contributed by atoms with van der Waals surface area (Å²) in [7, 11) is 3.32. The van der Waals surface area contributed by atoms with Crippen LogP contribution in [0.25, 0.3) is 0 Å². The Bertz CT molecular complexity index is 550. The molecule has 1 heterocycles. The molecule has 5 heteroatoms. The molecule has 0 saturated carbocycles. The molecule has 1 saturated heterocycles. The van der Waals surface area contributed by atoms with Crippen LogP contribution < -0.4 is 9.47 Å². The van der Waals surface area contributed by atoms with Gasteiger partial charge in [0.25, 0.3) is 0 Å². The molecule has 1 aliphatic heterocycles. The van der Waals surface area contributed by atoms with Gasteiger partial charge in [0, 0.05) is 19.2 Å². The molecular formula is C18H24N2O3. The van der Waals surface area contributed by atoms with Crippen molar-refractivity contribution >= 4 is 5.91 Å². The molecule has 1 aliphatic rings. The minimum Gasteiger partial charge on any atom is -0.497 e. The van der Waals surface area contributed by atoms with Gasteiger partial charge in [0.2, 0.25) is 5.91 Å². The van der Waals surface area contributed by atoms with Gasteiger partial charge in [-0.15, -0.1) is 0 Å². The van der Waals surface area contributed by atoms with Gasteiger partial charge in [-0.2, -0.15) is 5.26 Å². The topological polar surface area (TPSA) is 62.6 Å². The third-order valence-corrected chi connectivity index (χ3v) is 4.45. The number of methoxy groups -OCH3 is 2. The Morgan fingerprint density at radius 2 is 1.83 bits per heavy atom. The molecule has 0 bridgehead atoms. The van der Waals surface area contributed by atoms with E-state index in [4.69, 9.17) is 14.7 Å². The normalized spacial score (nSPS) is 15.1. The summed E-state index contributed by atoms with van der Waals surface area (Å²) in [4.78, 5) is 13.5. The van der Waals surface area contributed by atoms with E-state index in [1.165, 1.54) is 5.56 Å². The van der Waals surface area contributed by atoms with Crippen LogP contribution in [0.1, 0.15) is 31.2 Å². The van der Waals surface area contributed by atoms with E-state index in [2.05, 4.69) is 0 Å². The van der Waals surface area contributed by atoms with E-state index >= 15 is 0 Å². The number of rotatable bonds is 6. The third kappa shape index (κ3) is 4.88. The van der Waals surface area contributed by atoms with Crippen LogP contribution in [0, 0.1) is 17.2 Å². The molecule has 1 amide bonds. The van der Waals surface area contributed by atoms with Crippen molar-refractivity contribution in [2.75, 3.05) is 27.3 Å². The van der Waals surface area contributed by atoms with Gasteiger partial charge in [0.1, 0.15) is 17.9 Å². The van der Waals surface area contributed by atoms with Crippen LogP contribution in [0.2, 0.25) is 0 Å². The van der Waals surface area contributed by atoms with Gasteiger partial charge in [0.05, 0.1) is 20.3 Å². The number of carbonyl (C=O) groups is 1. The Balaban J connectivity index is 1.84. The minimum absolute atomic E-state index is 0.00568. The summed E-state index contributed by atoms with van der Waals surface area (Å²) in [5.41, 5.74) is 1.21. The largest absolute Gasteiger partial charge is 0.497 e. The quantitative estimate of drug-likeness (QED) is 0.809. The summed E-state index contributed by atoms with van der Waals surface area (Å²) in [6, 6.07) is 7.91. The molecule has 2 rings (SSSR count). The molecule has 0 spiro atoms. The van der Waals surface area contributed by atoms with E-state index in [-0.39, 0.29) is 12.3 Å². The molecular weight excluding hydrogens is 292 g/mol. The molecule has 0 unspecified atom stereocenters. The molecule has 124 valence electrons. The highest BCUT2D eigenvalue weighted by Gasteiger charge is 2.22. The van der Waals surface area contributed by atoms with E-state index < -0.39 is 0 Å². The van der Waals surface area contributed by atoms with Gasteiger partial charge >= 0.3 is 0 Å². The Hall–Kier alpha value is -2.22. The molecule has 1 fully saturated rings.